The molecule has 2 N–H and O–H groups in total. The molecule has 3 heterocycles. The Morgan fingerprint density at radius 2 is 1.95 bits per heavy atom. The van der Waals surface area contributed by atoms with Gasteiger partial charge in [-0.25, -0.2) is 38.1 Å². The molecule has 13 nitrogen and oxygen atoms in total. The molecule has 0 aromatic carbocycles. The van der Waals surface area contributed by atoms with Gasteiger partial charge in [0.15, 0.2) is 23.8 Å². The van der Waals surface area contributed by atoms with Crippen molar-refractivity contribution in [3.63, 3.8) is 0 Å². The minimum atomic E-state index is -3.59. The average Bonchev–Trinajstić information content (AvgIpc) is 3.80. The first kappa shape index (κ1) is 27.5. The van der Waals surface area contributed by atoms with Gasteiger partial charge >= 0.3 is 0 Å². The molecule has 0 aliphatic heterocycles. The van der Waals surface area contributed by atoms with Gasteiger partial charge in [-0.2, -0.15) is 0 Å². The second kappa shape index (κ2) is 11.6. The number of hydrogen-bond donors (Lipinski definition) is 2. The second-order valence-electron chi connectivity index (χ2n) is 9.68. The SMILES string of the molecule is CNS(=O)(=O)c1ccc(CN/C(C=O)=N/c2cnc(-c3c(OC)ncnc3C3CC3)nc2N(C)C2CCC2)nc1. The molecule has 0 spiro atoms. The van der Waals surface area contributed by atoms with Gasteiger partial charge in [0.2, 0.25) is 15.9 Å². The molecule has 5 rings (SSSR count). The van der Waals surface area contributed by atoms with E-state index in [9.17, 15) is 13.2 Å². The van der Waals surface area contributed by atoms with E-state index >= 15 is 0 Å². The molecule has 2 fully saturated rings. The van der Waals surface area contributed by atoms with Crippen LogP contribution in [0.25, 0.3) is 11.4 Å². The van der Waals surface area contributed by atoms with Gasteiger partial charge in [-0.15, -0.1) is 0 Å². The Morgan fingerprint density at radius 1 is 1.15 bits per heavy atom. The predicted molar refractivity (Wildman–Crippen MR) is 148 cm³/mol. The summed E-state index contributed by atoms with van der Waals surface area (Å²) in [4.78, 5) is 41.1. The van der Waals surface area contributed by atoms with Crippen molar-refractivity contribution in [2.24, 2.45) is 4.99 Å². The number of aliphatic imine (C=N–C) groups is 1. The number of nitrogens with zero attached hydrogens (tertiary/aromatic N) is 7. The van der Waals surface area contributed by atoms with Gasteiger partial charge in [0.1, 0.15) is 22.5 Å². The number of nitrogens with one attached hydrogen (secondary N) is 2. The van der Waals surface area contributed by atoms with Gasteiger partial charge in [0, 0.05) is 25.2 Å². The maximum absolute atomic E-state index is 11.9. The van der Waals surface area contributed by atoms with E-state index < -0.39 is 10.0 Å². The summed E-state index contributed by atoms with van der Waals surface area (Å²) in [5, 5.41) is 2.97. The van der Waals surface area contributed by atoms with Crippen LogP contribution in [-0.4, -0.2) is 72.7 Å². The summed E-state index contributed by atoms with van der Waals surface area (Å²) in [6.07, 6.45) is 10.3. The number of carbonyl (C=O) groups excluding carboxylic acids is 1. The number of ether oxygens (including phenoxy) is 1. The highest BCUT2D eigenvalue weighted by Crippen LogP contribution is 2.45. The number of sulfonamides is 1. The van der Waals surface area contributed by atoms with Crippen LogP contribution >= 0.6 is 0 Å². The van der Waals surface area contributed by atoms with Crippen molar-refractivity contribution in [1.29, 1.82) is 0 Å². The van der Waals surface area contributed by atoms with E-state index in [1.54, 1.807) is 19.4 Å². The monoisotopic (exact) mass is 565 g/mol. The smallest absolute Gasteiger partial charge is 0.241 e. The molecular formula is C26H31N9O4S. The molecule has 0 atom stereocenters. The Hall–Kier alpha value is -4.04. The molecule has 0 saturated heterocycles. The van der Waals surface area contributed by atoms with E-state index in [0.717, 1.165) is 37.8 Å². The summed E-state index contributed by atoms with van der Waals surface area (Å²) >= 11 is 0. The maximum Gasteiger partial charge on any atom is 0.241 e. The van der Waals surface area contributed by atoms with E-state index in [2.05, 4.69) is 39.9 Å². The van der Waals surface area contributed by atoms with Crippen LogP contribution in [0.4, 0.5) is 11.5 Å². The fourth-order valence-electron chi connectivity index (χ4n) is 4.40. The van der Waals surface area contributed by atoms with Crippen molar-refractivity contribution in [1.82, 2.24) is 35.0 Å². The standard InChI is InChI=1S/C26H31N9O4S/c1-27-40(37,38)19-10-9-17(28-12-19)11-29-21(14-36)33-20-13-30-24(34-25(20)35(2)18-5-4-6-18)22-23(16-7-8-16)31-15-32-26(22)39-3/h9-10,12-16,18,27H,4-8,11H2,1-3H3,(H,29,33). The summed E-state index contributed by atoms with van der Waals surface area (Å²) in [5.74, 6) is 1.84. The molecule has 210 valence electrons. The molecule has 2 saturated carbocycles. The van der Waals surface area contributed by atoms with Crippen LogP contribution in [0.2, 0.25) is 0 Å². The van der Waals surface area contributed by atoms with Gasteiger partial charge in [0.05, 0.1) is 31.2 Å². The van der Waals surface area contributed by atoms with Crippen molar-refractivity contribution in [2.45, 2.75) is 55.5 Å². The van der Waals surface area contributed by atoms with Gasteiger partial charge in [-0.05, 0) is 51.3 Å². The lowest BCUT2D eigenvalue weighted by Crippen LogP contribution is -2.37. The Bertz CT molecular complexity index is 1520. The highest BCUT2D eigenvalue weighted by Gasteiger charge is 2.32. The predicted octanol–water partition coefficient (Wildman–Crippen LogP) is 2.13. The zero-order valence-corrected chi connectivity index (χ0v) is 23.3. The van der Waals surface area contributed by atoms with Gasteiger partial charge in [-0.3, -0.25) is 9.78 Å². The summed E-state index contributed by atoms with van der Waals surface area (Å²) < 4.78 is 31.7. The Kier molecular flexibility index (Phi) is 7.98. The number of carbonyl (C=O) groups is 1. The highest BCUT2D eigenvalue weighted by atomic mass is 32.2. The van der Waals surface area contributed by atoms with Crippen molar-refractivity contribution in [2.75, 3.05) is 26.1 Å². The fourth-order valence-corrected chi connectivity index (χ4v) is 5.07. The molecule has 0 unspecified atom stereocenters. The van der Waals surface area contributed by atoms with Gasteiger partial charge < -0.3 is 15.0 Å². The molecular weight excluding hydrogens is 534 g/mol. The van der Waals surface area contributed by atoms with Crippen LogP contribution in [0.5, 0.6) is 5.88 Å². The minimum absolute atomic E-state index is 0.0502. The summed E-state index contributed by atoms with van der Waals surface area (Å²) in [5.41, 5.74) is 2.51. The number of hydrogen-bond acceptors (Lipinski definition) is 11. The molecule has 0 bridgehead atoms. The van der Waals surface area contributed by atoms with E-state index in [-0.39, 0.29) is 17.3 Å². The summed E-state index contributed by atoms with van der Waals surface area (Å²) in [7, 11) is 1.27. The normalized spacial score (nSPS) is 15.8. The van der Waals surface area contributed by atoms with Crippen LogP contribution in [-0.2, 0) is 21.4 Å². The number of pyridine rings is 1. The highest BCUT2D eigenvalue weighted by molar-refractivity contribution is 7.89. The van der Waals surface area contributed by atoms with Crippen LogP contribution in [0.3, 0.4) is 0 Å². The van der Waals surface area contributed by atoms with E-state index in [4.69, 9.17) is 9.72 Å². The second-order valence-corrected chi connectivity index (χ2v) is 11.6. The zero-order chi connectivity index (χ0) is 28.3. The zero-order valence-electron chi connectivity index (χ0n) is 22.5. The summed E-state index contributed by atoms with van der Waals surface area (Å²) in [6, 6.07) is 3.32. The first-order valence-corrected chi connectivity index (χ1v) is 14.5. The number of methoxy groups -OCH3 is 1. The molecule has 2 aliphatic rings. The van der Waals surface area contributed by atoms with Crippen molar-refractivity contribution < 1.29 is 17.9 Å². The lowest BCUT2D eigenvalue weighted by molar-refractivity contribution is -0.102. The lowest BCUT2D eigenvalue weighted by atomic mass is 9.92. The van der Waals surface area contributed by atoms with Crippen molar-refractivity contribution >= 4 is 33.7 Å². The topological polar surface area (TPSA) is 165 Å². The largest absolute Gasteiger partial charge is 0.480 e. The molecule has 0 amide bonds. The van der Waals surface area contributed by atoms with Crippen molar-refractivity contribution in [3.8, 4) is 17.3 Å². The average molecular weight is 566 g/mol. The first-order chi connectivity index (χ1) is 19.3. The van der Waals surface area contributed by atoms with E-state index in [1.807, 2.05) is 7.05 Å². The van der Waals surface area contributed by atoms with Crippen LogP contribution in [0.15, 0.2) is 40.7 Å². The van der Waals surface area contributed by atoms with Crippen LogP contribution in [0.1, 0.15) is 49.4 Å². The summed E-state index contributed by atoms with van der Waals surface area (Å²) in [6.45, 7) is 0.160. The first-order valence-electron chi connectivity index (χ1n) is 13.0. The Morgan fingerprint density at radius 3 is 2.55 bits per heavy atom. The van der Waals surface area contributed by atoms with Crippen molar-refractivity contribution in [3.05, 3.63) is 42.2 Å². The third kappa shape index (κ3) is 5.77. The fraction of sp³-hybridized carbons (Fsp3) is 0.423. The Balaban J connectivity index is 1.45. The third-order valence-corrected chi connectivity index (χ3v) is 8.51. The minimum Gasteiger partial charge on any atom is -0.480 e. The van der Waals surface area contributed by atoms with E-state index in [1.165, 1.54) is 25.6 Å². The van der Waals surface area contributed by atoms with Gasteiger partial charge in [-0.1, -0.05) is 0 Å². The van der Waals surface area contributed by atoms with Gasteiger partial charge in [0.25, 0.3) is 0 Å². The molecule has 2 aliphatic carbocycles. The maximum atomic E-state index is 11.9. The van der Waals surface area contributed by atoms with Crippen LogP contribution in [0, 0.1) is 0 Å². The quantitative estimate of drug-likeness (QED) is 0.199. The third-order valence-electron chi connectivity index (χ3n) is 7.11. The molecule has 3 aromatic rings. The number of aromatic nitrogens is 5. The molecule has 3 aromatic heterocycles. The number of aldehydes is 1. The molecule has 14 heteroatoms. The Labute approximate surface area is 232 Å². The molecule has 40 heavy (non-hydrogen) atoms. The number of rotatable bonds is 11. The lowest BCUT2D eigenvalue weighted by Gasteiger charge is -2.36. The van der Waals surface area contributed by atoms with Crippen LogP contribution < -0.4 is 19.7 Å². The van der Waals surface area contributed by atoms with E-state index in [0.29, 0.717) is 52.7 Å². The number of anilines is 1. The number of amidine groups is 1. The molecule has 0 radical (unpaired) electrons.